The quantitative estimate of drug-likeness (QED) is 0.0938. The first-order valence-corrected chi connectivity index (χ1v) is 18.9. The average molecular weight is 724 g/mol. The molecule has 0 aliphatic rings. The Hall–Kier alpha value is -7.37. The van der Waals surface area contributed by atoms with Crippen molar-refractivity contribution in [1.29, 1.82) is 5.41 Å². The Morgan fingerprint density at radius 3 is 1.77 bits per heavy atom. The van der Waals surface area contributed by atoms with Gasteiger partial charge in [0.2, 0.25) is 0 Å². The van der Waals surface area contributed by atoms with Gasteiger partial charge < -0.3 is 20.6 Å². The van der Waals surface area contributed by atoms with Crippen LogP contribution in [0, 0.1) is 5.41 Å². The lowest BCUT2D eigenvalue weighted by Crippen LogP contribution is -2.17. The van der Waals surface area contributed by atoms with E-state index in [1.807, 2.05) is 37.3 Å². The van der Waals surface area contributed by atoms with Gasteiger partial charge in [-0.2, -0.15) is 0 Å². The van der Waals surface area contributed by atoms with Crippen LogP contribution in [0.15, 0.2) is 193 Å². The lowest BCUT2D eigenvalue weighted by Gasteiger charge is -2.11. The predicted octanol–water partition coefficient (Wildman–Crippen LogP) is 12.2. The number of allylic oxidation sites excluding steroid dienone is 3. The summed E-state index contributed by atoms with van der Waals surface area (Å²) in [5, 5.41) is 18.3. The Morgan fingerprint density at radius 1 is 0.500 bits per heavy atom. The van der Waals surface area contributed by atoms with Crippen LogP contribution in [0.1, 0.15) is 12.5 Å². The Morgan fingerprint density at radius 2 is 1.05 bits per heavy atom. The van der Waals surface area contributed by atoms with Gasteiger partial charge in [-0.1, -0.05) is 140 Å². The fraction of sp³-hybridized carbons (Fsp3) is 0.0392. The number of nitrogens with zero attached hydrogens (tertiary/aromatic N) is 2. The summed E-state index contributed by atoms with van der Waals surface area (Å²) >= 11 is 0. The summed E-state index contributed by atoms with van der Waals surface area (Å²) < 4.78 is 4.74. The average Bonchev–Trinajstić information content (AvgIpc) is 3.75. The van der Waals surface area contributed by atoms with Crippen LogP contribution in [0.5, 0.6) is 0 Å². The van der Waals surface area contributed by atoms with Crippen molar-refractivity contribution in [2.75, 3.05) is 0 Å². The third-order valence-electron chi connectivity index (χ3n) is 10.9. The van der Waals surface area contributed by atoms with Crippen molar-refractivity contribution in [3.8, 4) is 16.8 Å². The van der Waals surface area contributed by atoms with E-state index < -0.39 is 0 Å². The molecule has 270 valence electrons. The van der Waals surface area contributed by atoms with Crippen LogP contribution in [0.25, 0.3) is 82.0 Å². The molecule has 0 bridgehead atoms. The van der Waals surface area contributed by atoms with Crippen LogP contribution in [0.4, 0.5) is 0 Å². The molecule has 2 aromatic heterocycles. The van der Waals surface area contributed by atoms with E-state index in [4.69, 9.17) is 16.9 Å². The van der Waals surface area contributed by atoms with Gasteiger partial charge in [0.15, 0.2) is 0 Å². The highest BCUT2D eigenvalue weighted by Gasteiger charge is 2.18. The molecule has 2 heterocycles. The number of fused-ring (bicyclic) bond motifs is 11. The molecular formula is C51H41N5. The van der Waals surface area contributed by atoms with Gasteiger partial charge in [-0.05, 0) is 82.1 Å². The lowest BCUT2D eigenvalue weighted by molar-refractivity contribution is 1.01. The molecule has 0 aliphatic carbocycles. The standard InChI is InChI=1S/C39H26N2.C12H15N3/c1-40-33-13-7-5-11-31(33)38-30-21-17-27-18-23-36-39(37(27)29(30)22-24-35(38)40)32-12-6-8-14-34(32)41(36)28-19-15-26(16-20-28)25-9-3-2-4-10-25;1-2-6-10(13)12(15)11(14)9-7-4-3-5-8-9/h2-24H,1H3;2-8,14H,13,15H2,1H3/b;6-2-,12-10+,14-11?. The van der Waals surface area contributed by atoms with Crippen LogP contribution in [0.2, 0.25) is 0 Å². The van der Waals surface area contributed by atoms with Gasteiger partial charge in [-0.3, -0.25) is 5.41 Å². The third-order valence-corrected chi connectivity index (χ3v) is 10.9. The van der Waals surface area contributed by atoms with Gasteiger partial charge in [0.1, 0.15) is 0 Å². The number of rotatable bonds is 5. The van der Waals surface area contributed by atoms with Crippen molar-refractivity contribution in [3.63, 3.8) is 0 Å². The van der Waals surface area contributed by atoms with Gasteiger partial charge in [-0.15, -0.1) is 0 Å². The summed E-state index contributed by atoms with van der Waals surface area (Å²) in [4.78, 5) is 0. The molecule has 56 heavy (non-hydrogen) atoms. The number of aromatic nitrogens is 2. The molecule has 8 aromatic carbocycles. The summed E-state index contributed by atoms with van der Waals surface area (Å²) in [6.07, 6.45) is 3.48. The summed E-state index contributed by atoms with van der Waals surface area (Å²) in [6.45, 7) is 1.85. The van der Waals surface area contributed by atoms with E-state index in [2.05, 4.69) is 156 Å². The molecule has 5 N–H and O–H groups in total. The number of nitrogens with two attached hydrogens (primary N) is 2. The van der Waals surface area contributed by atoms with E-state index >= 15 is 0 Å². The summed E-state index contributed by atoms with van der Waals surface area (Å²) in [5.74, 6) is 0. The Kier molecular flexibility index (Phi) is 8.68. The van der Waals surface area contributed by atoms with Crippen molar-refractivity contribution in [2.45, 2.75) is 6.92 Å². The fourth-order valence-corrected chi connectivity index (χ4v) is 8.23. The highest BCUT2D eigenvalue weighted by atomic mass is 15.0. The van der Waals surface area contributed by atoms with Gasteiger partial charge >= 0.3 is 0 Å². The van der Waals surface area contributed by atoms with Gasteiger partial charge in [0.05, 0.1) is 28.1 Å². The normalized spacial score (nSPS) is 12.2. The van der Waals surface area contributed by atoms with Crippen LogP contribution < -0.4 is 11.5 Å². The maximum atomic E-state index is 7.85. The molecule has 0 atom stereocenters. The number of benzene rings is 8. The lowest BCUT2D eigenvalue weighted by atomic mass is 9.95. The number of aryl methyl sites for hydroxylation is 1. The monoisotopic (exact) mass is 723 g/mol. The summed E-state index contributed by atoms with van der Waals surface area (Å²) in [5.41, 5.74) is 21.8. The number of para-hydroxylation sites is 2. The predicted molar refractivity (Wildman–Crippen MR) is 239 cm³/mol. The first kappa shape index (κ1) is 34.4. The molecular weight excluding hydrogens is 683 g/mol. The fourth-order valence-electron chi connectivity index (χ4n) is 8.23. The molecule has 0 unspecified atom stereocenters. The molecule has 5 heteroatoms. The van der Waals surface area contributed by atoms with Crippen molar-refractivity contribution in [2.24, 2.45) is 18.5 Å². The maximum Gasteiger partial charge on any atom is 0.0862 e. The van der Waals surface area contributed by atoms with E-state index in [0.29, 0.717) is 11.4 Å². The highest BCUT2D eigenvalue weighted by Crippen LogP contribution is 2.43. The van der Waals surface area contributed by atoms with Crippen LogP contribution in [0.3, 0.4) is 0 Å². The zero-order valence-electron chi connectivity index (χ0n) is 31.4. The Balaban J connectivity index is 0.000000232. The minimum Gasteiger partial charge on any atom is -0.397 e. The molecule has 10 rings (SSSR count). The second-order valence-corrected chi connectivity index (χ2v) is 14.1. The summed E-state index contributed by atoms with van der Waals surface area (Å²) in [6, 6.07) is 60.3. The van der Waals surface area contributed by atoms with Crippen molar-refractivity contribution in [3.05, 3.63) is 199 Å². The van der Waals surface area contributed by atoms with E-state index in [9.17, 15) is 0 Å². The van der Waals surface area contributed by atoms with Gasteiger partial charge in [0.25, 0.3) is 0 Å². The maximum absolute atomic E-state index is 7.85. The first-order chi connectivity index (χ1) is 27.4. The van der Waals surface area contributed by atoms with E-state index in [1.54, 1.807) is 12.2 Å². The second-order valence-electron chi connectivity index (χ2n) is 14.1. The topological polar surface area (TPSA) is 85.8 Å². The molecule has 0 radical (unpaired) electrons. The largest absolute Gasteiger partial charge is 0.397 e. The second kappa shape index (κ2) is 14.1. The van der Waals surface area contributed by atoms with Gasteiger partial charge in [-0.25, -0.2) is 0 Å². The number of hydrogen-bond donors (Lipinski definition) is 3. The SMILES string of the molecule is C/C=C\C(N)=C(/N)C(=N)c1ccccc1.Cn1c2ccccc2c2c3ccc4ccc5c(c6ccccc6n5-c5ccc(-c6ccccc6)cc5)c4c3ccc21. The molecule has 0 fully saturated rings. The van der Waals surface area contributed by atoms with E-state index in [0.717, 1.165) is 5.56 Å². The van der Waals surface area contributed by atoms with Crippen LogP contribution in [-0.4, -0.2) is 14.8 Å². The van der Waals surface area contributed by atoms with Gasteiger partial charge in [0, 0.05) is 50.9 Å². The van der Waals surface area contributed by atoms with Crippen LogP contribution >= 0.6 is 0 Å². The Bertz CT molecular complexity index is 3160. The van der Waals surface area contributed by atoms with Crippen molar-refractivity contribution < 1.29 is 0 Å². The molecule has 0 saturated heterocycles. The smallest absolute Gasteiger partial charge is 0.0862 e. The van der Waals surface area contributed by atoms with E-state index in [1.165, 1.54) is 82.0 Å². The zero-order chi connectivity index (χ0) is 38.3. The third kappa shape index (κ3) is 5.69. The Labute approximate surface area is 325 Å². The summed E-state index contributed by atoms with van der Waals surface area (Å²) in [7, 11) is 2.17. The van der Waals surface area contributed by atoms with Crippen molar-refractivity contribution in [1.82, 2.24) is 9.13 Å². The molecule has 0 saturated carbocycles. The first-order valence-electron chi connectivity index (χ1n) is 18.9. The minimum atomic E-state index is 0.256. The number of nitrogens with one attached hydrogen (secondary N) is 1. The minimum absolute atomic E-state index is 0.256. The van der Waals surface area contributed by atoms with Crippen molar-refractivity contribution >= 4 is 70.9 Å². The zero-order valence-corrected chi connectivity index (χ0v) is 31.4. The van der Waals surface area contributed by atoms with E-state index in [-0.39, 0.29) is 5.71 Å². The highest BCUT2D eigenvalue weighted by molar-refractivity contribution is 6.32. The van der Waals surface area contributed by atoms with Crippen LogP contribution in [-0.2, 0) is 7.05 Å². The molecule has 10 aromatic rings. The molecule has 0 aliphatic heterocycles. The molecule has 0 spiro atoms. The molecule has 5 nitrogen and oxygen atoms in total. The molecule has 0 amide bonds. The number of hydrogen-bond acceptors (Lipinski definition) is 3.